The number of rotatable bonds is 5. The largest absolute Gasteiger partial charge is 0.465 e. The molecule has 0 radical (unpaired) electrons. The van der Waals surface area contributed by atoms with E-state index in [1.165, 1.54) is 6.07 Å². The SMILES string of the molecule is CCOC(=O)C(c1ccccc1)S(=O)(=O)c1ccc2ccccc2c1. The monoisotopic (exact) mass is 354 g/mol. The number of fused-ring (bicyclic) bond motifs is 1. The average molecular weight is 354 g/mol. The van der Waals surface area contributed by atoms with Crippen molar-refractivity contribution in [3.63, 3.8) is 0 Å². The van der Waals surface area contributed by atoms with E-state index in [0.29, 0.717) is 5.56 Å². The molecule has 5 heteroatoms. The summed E-state index contributed by atoms with van der Waals surface area (Å²) in [5.41, 5.74) is 0.397. The minimum atomic E-state index is -3.94. The van der Waals surface area contributed by atoms with Crippen LogP contribution in [0.15, 0.2) is 77.7 Å². The molecule has 3 aromatic rings. The summed E-state index contributed by atoms with van der Waals surface area (Å²) in [6.45, 7) is 1.78. The summed E-state index contributed by atoms with van der Waals surface area (Å²) in [6, 6.07) is 20.8. The quantitative estimate of drug-likeness (QED) is 0.652. The Morgan fingerprint density at radius 1 is 0.920 bits per heavy atom. The standard InChI is InChI=1S/C20H18O4S/c1-2-24-20(21)19(16-9-4-3-5-10-16)25(22,23)18-13-12-15-8-6-7-11-17(15)14-18/h3-14,19H,2H2,1H3. The molecule has 0 fully saturated rings. The second-order valence-corrected chi connectivity index (χ2v) is 7.63. The van der Waals surface area contributed by atoms with Crippen LogP contribution in [0.5, 0.6) is 0 Å². The van der Waals surface area contributed by atoms with Crippen LogP contribution in [0.25, 0.3) is 10.8 Å². The van der Waals surface area contributed by atoms with Gasteiger partial charge in [-0.2, -0.15) is 0 Å². The molecule has 3 aromatic carbocycles. The Labute approximate surface area is 147 Å². The molecule has 0 heterocycles. The summed E-state index contributed by atoms with van der Waals surface area (Å²) < 4.78 is 31.4. The summed E-state index contributed by atoms with van der Waals surface area (Å²) in [6.07, 6.45) is 0. The zero-order chi connectivity index (χ0) is 17.9. The minimum Gasteiger partial charge on any atom is -0.465 e. The topological polar surface area (TPSA) is 60.4 Å². The van der Waals surface area contributed by atoms with E-state index in [9.17, 15) is 13.2 Å². The molecule has 0 saturated carbocycles. The van der Waals surface area contributed by atoms with Gasteiger partial charge in [-0.15, -0.1) is 0 Å². The van der Waals surface area contributed by atoms with E-state index in [-0.39, 0.29) is 11.5 Å². The zero-order valence-electron chi connectivity index (χ0n) is 13.8. The number of sulfone groups is 1. The number of esters is 1. The normalized spacial score (nSPS) is 12.7. The highest BCUT2D eigenvalue weighted by Crippen LogP contribution is 2.31. The molecule has 0 amide bonds. The number of hydrogen-bond donors (Lipinski definition) is 0. The van der Waals surface area contributed by atoms with Crippen LogP contribution in [0.3, 0.4) is 0 Å². The van der Waals surface area contributed by atoms with Gasteiger partial charge in [0.05, 0.1) is 11.5 Å². The van der Waals surface area contributed by atoms with Crippen LogP contribution in [0, 0.1) is 0 Å². The van der Waals surface area contributed by atoms with E-state index < -0.39 is 21.1 Å². The molecular weight excluding hydrogens is 336 g/mol. The fourth-order valence-corrected chi connectivity index (χ4v) is 4.43. The first-order valence-electron chi connectivity index (χ1n) is 7.98. The van der Waals surface area contributed by atoms with Crippen molar-refractivity contribution in [1.29, 1.82) is 0 Å². The highest BCUT2D eigenvalue weighted by molar-refractivity contribution is 7.92. The van der Waals surface area contributed by atoms with Gasteiger partial charge in [0, 0.05) is 0 Å². The van der Waals surface area contributed by atoms with Crippen LogP contribution < -0.4 is 0 Å². The molecule has 0 aliphatic rings. The molecule has 1 atom stereocenters. The molecule has 1 unspecified atom stereocenters. The molecule has 0 saturated heterocycles. The van der Waals surface area contributed by atoms with Crippen molar-refractivity contribution in [1.82, 2.24) is 0 Å². The van der Waals surface area contributed by atoms with Gasteiger partial charge in [-0.1, -0.05) is 60.7 Å². The van der Waals surface area contributed by atoms with Gasteiger partial charge in [-0.3, -0.25) is 4.79 Å². The average Bonchev–Trinajstić information content (AvgIpc) is 2.62. The Hall–Kier alpha value is -2.66. The van der Waals surface area contributed by atoms with E-state index in [1.54, 1.807) is 49.4 Å². The van der Waals surface area contributed by atoms with Crippen molar-refractivity contribution >= 4 is 26.6 Å². The summed E-state index contributed by atoms with van der Waals surface area (Å²) in [4.78, 5) is 12.5. The molecule has 25 heavy (non-hydrogen) atoms. The Morgan fingerprint density at radius 3 is 2.24 bits per heavy atom. The molecular formula is C20H18O4S. The highest BCUT2D eigenvalue weighted by atomic mass is 32.2. The lowest BCUT2D eigenvalue weighted by molar-refractivity contribution is -0.142. The van der Waals surface area contributed by atoms with Gasteiger partial charge in [0.15, 0.2) is 15.1 Å². The number of hydrogen-bond acceptors (Lipinski definition) is 4. The maximum absolute atomic E-state index is 13.2. The fraction of sp³-hybridized carbons (Fsp3) is 0.150. The van der Waals surface area contributed by atoms with Crippen LogP contribution in [-0.2, 0) is 19.4 Å². The van der Waals surface area contributed by atoms with Crippen molar-refractivity contribution in [2.24, 2.45) is 0 Å². The maximum atomic E-state index is 13.2. The van der Waals surface area contributed by atoms with E-state index in [1.807, 2.05) is 24.3 Å². The molecule has 0 aromatic heterocycles. The molecule has 0 aliphatic heterocycles. The molecule has 128 valence electrons. The summed E-state index contributed by atoms with van der Waals surface area (Å²) >= 11 is 0. The lowest BCUT2D eigenvalue weighted by Gasteiger charge is -2.17. The predicted octanol–water partition coefficient (Wildman–Crippen LogP) is 3.92. The van der Waals surface area contributed by atoms with Crippen molar-refractivity contribution in [2.45, 2.75) is 17.1 Å². The number of ether oxygens (including phenoxy) is 1. The van der Waals surface area contributed by atoms with Crippen molar-refractivity contribution < 1.29 is 17.9 Å². The second-order valence-electron chi connectivity index (χ2n) is 5.60. The minimum absolute atomic E-state index is 0.105. The zero-order valence-corrected chi connectivity index (χ0v) is 14.6. The van der Waals surface area contributed by atoms with Gasteiger partial charge in [-0.05, 0) is 35.4 Å². The first-order valence-corrected chi connectivity index (χ1v) is 9.53. The Balaban J connectivity index is 2.13. The van der Waals surface area contributed by atoms with Gasteiger partial charge in [0.25, 0.3) is 0 Å². The third-order valence-corrected chi connectivity index (χ3v) is 5.96. The van der Waals surface area contributed by atoms with Crippen LogP contribution in [0.4, 0.5) is 0 Å². The molecule has 4 nitrogen and oxygen atoms in total. The smallest absolute Gasteiger partial charge is 0.329 e. The highest BCUT2D eigenvalue weighted by Gasteiger charge is 2.36. The Bertz CT molecular complexity index is 994. The number of carbonyl (C=O) groups excluding carboxylic acids is 1. The molecule has 0 N–H and O–H groups in total. The van der Waals surface area contributed by atoms with Crippen molar-refractivity contribution in [3.8, 4) is 0 Å². The van der Waals surface area contributed by atoms with E-state index in [4.69, 9.17) is 4.74 Å². The summed E-state index contributed by atoms with van der Waals surface area (Å²) in [5, 5.41) is 0.364. The molecule has 0 bridgehead atoms. The van der Waals surface area contributed by atoms with Gasteiger partial charge >= 0.3 is 5.97 Å². The maximum Gasteiger partial charge on any atom is 0.329 e. The first-order chi connectivity index (χ1) is 12.0. The Kier molecular flexibility index (Phi) is 4.86. The summed E-state index contributed by atoms with van der Waals surface area (Å²) in [5.74, 6) is -0.762. The van der Waals surface area contributed by atoms with E-state index >= 15 is 0 Å². The number of carbonyl (C=O) groups is 1. The van der Waals surface area contributed by atoms with Gasteiger partial charge in [-0.25, -0.2) is 8.42 Å². The molecule has 0 spiro atoms. The fourth-order valence-electron chi connectivity index (χ4n) is 2.77. The Morgan fingerprint density at radius 2 is 1.56 bits per heavy atom. The van der Waals surface area contributed by atoms with Gasteiger partial charge in [0.2, 0.25) is 0 Å². The van der Waals surface area contributed by atoms with Crippen LogP contribution in [0.2, 0.25) is 0 Å². The van der Waals surface area contributed by atoms with Crippen molar-refractivity contribution in [2.75, 3.05) is 6.61 Å². The third kappa shape index (κ3) is 3.42. The van der Waals surface area contributed by atoms with Crippen LogP contribution in [-0.4, -0.2) is 21.0 Å². The lowest BCUT2D eigenvalue weighted by atomic mass is 10.1. The summed E-state index contributed by atoms with van der Waals surface area (Å²) in [7, 11) is -3.94. The first kappa shape index (κ1) is 17.2. The van der Waals surface area contributed by atoms with Gasteiger partial charge in [0.1, 0.15) is 0 Å². The second kappa shape index (κ2) is 7.07. The van der Waals surface area contributed by atoms with E-state index in [0.717, 1.165) is 10.8 Å². The number of benzene rings is 3. The molecule has 3 rings (SSSR count). The lowest BCUT2D eigenvalue weighted by Crippen LogP contribution is -2.24. The van der Waals surface area contributed by atoms with Crippen molar-refractivity contribution in [3.05, 3.63) is 78.4 Å². The molecule has 0 aliphatic carbocycles. The third-order valence-electron chi connectivity index (χ3n) is 3.96. The predicted molar refractivity (Wildman–Crippen MR) is 96.9 cm³/mol. The van der Waals surface area contributed by atoms with Crippen LogP contribution in [0.1, 0.15) is 17.7 Å². The van der Waals surface area contributed by atoms with E-state index in [2.05, 4.69) is 0 Å². The van der Waals surface area contributed by atoms with Gasteiger partial charge < -0.3 is 4.74 Å². The van der Waals surface area contributed by atoms with Crippen LogP contribution >= 0.6 is 0 Å².